The highest BCUT2D eigenvalue weighted by Crippen LogP contribution is 2.38. The highest BCUT2D eigenvalue weighted by atomic mass is 35.5. The Kier molecular flexibility index (Phi) is 9.84. The van der Waals surface area contributed by atoms with Crippen molar-refractivity contribution in [2.75, 3.05) is 23.3 Å². The molecule has 4 aromatic carbocycles. The molecule has 1 heterocycles. The van der Waals surface area contributed by atoms with Crippen LogP contribution >= 0.6 is 23.2 Å². The quantitative estimate of drug-likeness (QED) is 0.171. The fourth-order valence-electron chi connectivity index (χ4n) is 5.82. The maximum atomic E-state index is 13.9. The highest BCUT2D eigenvalue weighted by molar-refractivity contribution is 6.35. The molecule has 5 rings (SSSR count). The number of carbonyl (C=O) groups excluding carboxylic acids is 3. The minimum atomic E-state index is -1.19. The Bertz CT molecular complexity index is 1800. The number of urea groups is 1. The van der Waals surface area contributed by atoms with E-state index in [0.717, 1.165) is 16.3 Å². The van der Waals surface area contributed by atoms with Crippen LogP contribution < -0.4 is 15.5 Å². The Morgan fingerprint density at radius 2 is 1.63 bits per heavy atom. The van der Waals surface area contributed by atoms with Crippen LogP contribution in [0.5, 0.6) is 0 Å². The van der Waals surface area contributed by atoms with Gasteiger partial charge in [-0.2, -0.15) is 0 Å². The molecule has 4 aromatic rings. The number of carboxylic acids is 1. The predicted octanol–water partition coefficient (Wildman–Crippen LogP) is 6.89. The van der Waals surface area contributed by atoms with Crippen molar-refractivity contribution in [3.8, 4) is 0 Å². The fourth-order valence-corrected chi connectivity index (χ4v) is 6.29. The smallest absolute Gasteiger partial charge is 0.324 e. The first-order valence-corrected chi connectivity index (χ1v) is 15.5. The second-order valence-corrected chi connectivity index (χ2v) is 12.7. The third-order valence-corrected chi connectivity index (χ3v) is 8.68. The first-order chi connectivity index (χ1) is 21.9. The lowest BCUT2D eigenvalue weighted by molar-refractivity contribution is -0.141. The Balaban J connectivity index is 1.37. The van der Waals surface area contributed by atoms with Crippen molar-refractivity contribution >= 4 is 69.2 Å². The number of hydrogen-bond acceptors (Lipinski definition) is 4. The number of fused-ring (bicyclic) bond motifs is 1. The maximum absolute atomic E-state index is 13.9. The van der Waals surface area contributed by atoms with E-state index in [9.17, 15) is 24.3 Å². The second-order valence-electron chi connectivity index (χ2n) is 11.9. The zero-order valence-electron chi connectivity index (χ0n) is 25.4. The summed E-state index contributed by atoms with van der Waals surface area (Å²) in [5.41, 5.74) is 1.58. The molecule has 0 aliphatic carbocycles. The van der Waals surface area contributed by atoms with Gasteiger partial charge in [0.25, 0.3) is 0 Å². The Labute approximate surface area is 277 Å². The van der Waals surface area contributed by atoms with Crippen molar-refractivity contribution in [2.45, 2.75) is 39.3 Å². The standard InChI is InChI=1S/C35H34Cl2N4O5/c1-22-7-13-29(14-8-22)41-21-35(18-32(43)44,20-40(34(41)46)19-26-9-11-27(36)16-30(26)37)17-31(42)38-23(2)33(45)39-28-12-10-24-5-3-4-6-25(24)15-28/h3-16,23H,17-21H2,1-2H3,(H,38,42)(H,39,45)(H,43,44). The molecule has 1 saturated heterocycles. The van der Waals surface area contributed by atoms with E-state index in [1.165, 1.54) is 9.80 Å². The number of carboxylic acid groups (broad SMARTS) is 1. The fraction of sp³-hybridized carbons (Fsp3) is 0.257. The van der Waals surface area contributed by atoms with Gasteiger partial charge in [-0.15, -0.1) is 0 Å². The van der Waals surface area contributed by atoms with Crippen molar-refractivity contribution in [3.05, 3.63) is 106 Å². The molecule has 2 unspecified atom stereocenters. The van der Waals surface area contributed by atoms with Crippen LogP contribution in [0.2, 0.25) is 10.0 Å². The predicted molar refractivity (Wildman–Crippen MR) is 180 cm³/mol. The van der Waals surface area contributed by atoms with Crippen molar-refractivity contribution < 1.29 is 24.3 Å². The van der Waals surface area contributed by atoms with Crippen molar-refractivity contribution in [1.29, 1.82) is 0 Å². The summed E-state index contributed by atoms with van der Waals surface area (Å²) in [7, 11) is 0. The molecule has 46 heavy (non-hydrogen) atoms. The van der Waals surface area contributed by atoms with E-state index in [-0.39, 0.29) is 32.1 Å². The summed E-state index contributed by atoms with van der Waals surface area (Å²) >= 11 is 12.5. The van der Waals surface area contributed by atoms with Crippen LogP contribution in [0.3, 0.4) is 0 Å². The van der Waals surface area contributed by atoms with Gasteiger partial charge in [0, 0.05) is 52.9 Å². The van der Waals surface area contributed by atoms with Gasteiger partial charge in [0.1, 0.15) is 6.04 Å². The summed E-state index contributed by atoms with van der Waals surface area (Å²) in [6.45, 7) is 3.52. The summed E-state index contributed by atoms with van der Waals surface area (Å²) in [5, 5.41) is 18.4. The van der Waals surface area contributed by atoms with E-state index in [1.54, 1.807) is 43.3 Å². The van der Waals surface area contributed by atoms with Crippen molar-refractivity contribution in [3.63, 3.8) is 0 Å². The molecule has 0 saturated carbocycles. The van der Waals surface area contributed by atoms with Gasteiger partial charge in [-0.25, -0.2) is 4.79 Å². The number of amides is 4. The molecule has 0 radical (unpaired) electrons. The molecule has 4 amide bonds. The summed E-state index contributed by atoms with van der Waals surface area (Å²) in [5.74, 6) is -2.04. The number of anilines is 2. The van der Waals surface area contributed by atoms with E-state index >= 15 is 0 Å². The number of nitrogens with zero attached hydrogens (tertiary/aromatic N) is 2. The minimum absolute atomic E-state index is 0.0167. The number of hydrogen-bond donors (Lipinski definition) is 3. The maximum Gasteiger partial charge on any atom is 0.324 e. The van der Waals surface area contributed by atoms with Gasteiger partial charge in [0.2, 0.25) is 11.8 Å². The molecule has 2 atom stereocenters. The van der Waals surface area contributed by atoms with Gasteiger partial charge in [0.05, 0.1) is 6.42 Å². The topological polar surface area (TPSA) is 119 Å². The van der Waals surface area contributed by atoms with E-state index in [0.29, 0.717) is 27.0 Å². The molecule has 1 fully saturated rings. The number of aryl methyl sites for hydroxylation is 1. The molecule has 0 aromatic heterocycles. The number of halogens is 2. The van der Waals surface area contributed by atoms with Crippen molar-refractivity contribution in [1.82, 2.24) is 10.2 Å². The second kappa shape index (κ2) is 13.8. The van der Waals surface area contributed by atoms with E-state index in [2.05, 4.69) is 10.6 Å². The molecular weight excluding hydrogens is 627 g/mol. The zero-order chi connectivity index (χ0) is 33.0. The van der Waals surface area contributed by atoms with E-state index in [4.69, 9.17) is 23.2 Å². The van der Waals surface area contributed by atoms with Crippen LogP contribution in [0.1, 0.15) is 30.9 Å². The van der Waals surface area contributed by atoms with Crippen LogP contribution in [-0.4, -0.2) is 53.0 Å². The third-order valence-electron chi connectivity index (χ3n) is 8.09. The lowest BCUT2D eigenvalue weighted by Gasteiger charge is -2.47. The first kappa shape index (κ1) is 32.8. The van der Waals surface area contributed by atoms with Crippen LogP contribution in [0.15, 0.2) is 84.9 Å². The average molecular weight is 662 g/mol. The Morgan fingerprint density at radius 1 is 0.913 bits per heavy atom. The molecule has 1 aliphatic rings. The van der Waals surface area contributed by atoms with Crippen LogP contribution in [0.25, 0.3) is 10.8 Å². The van der Waals surface area contributed by atoms with Gasteiger partial charge in [0.15, 0.2) is 0 Å². The Hall–Kier alpha value is -4.60. The molecule has 0 spiro atoms. The number of benzene rings is 4. The molecule has 9 nitrogen and oxygen atoms in total. The van der Waals surface area contributed by atoms with Crippen molar-refractivity contribution in [2.24, 2.45) is 5.41 Å². The summed E-state index contributed by atoms with van der Waals surface area (Å²) in [6.07, 6.45) is -0.633. The van der Waals surface area contributed by atoms with Gasteiger partial charge in [-0.05, 0) is 66.6 Å². The summed E-state index contributed by atoms with van der Waals surface area (Å²) in [4.78, 5) is 55.7. The van der Waals surface area contributed by atoms with Gasteiger partial charge in [-0.1, -0.05) is 77.3 Å². The third kappa shape index (κ3) is 7.78. The van der Waals surface area contributed by atoms with Gasteiger partial charge < -0.3 is 20.6 Å². The van der Waals surface area contributed by atoms with Crippen LogP contribution in [0.4, 0.5) is 16.2 Å². The molecule has 238 valence electrons. The number of nitrogens with one attached hydrogen (secondary N) is 2. The molecule has 3 N–H and O–H groups in total. The Morgan fingerprint density at radius 3 is 2.33 bits per heavy atom. The summed E-state index contributed by atoms with van der Waals surface area (Å²) < 4.78 is 0. The number of carbonyl (C=O) groups is 4. The van der Waals surface area contributed by atoms with Crippen LogP contribution in [-0.2, 0) is 20.9 Å². The normalized spacial score (nSPS) is 17.1. The molecule has 1 aliphatic heterocycles. The first-order valence-electron chi connectivity index (χ1n) is 14.8. The van der Waals surface area contributed by atoms with E-state index in [1.807, 2.05) is 55.5 Å². The molecule has 0 bridgehead atoms. The summed E-state index contributed by atoms with van der Waals surface area (Å²) in [6, 6.07) is 24.3. The lowest BCUT2D eigenvalue weighted by Crippen LogP contribution is -2.60. The minimum Gasteiger partial charge on any atom is -0.481 e. The highest BCUT2D eigenvalue weighted by Gasteiger charge is 2.46. The van der Waals surface area contributed by atoms with Gasteiger partial charge >= 0.3 is 12.0 Å². The average Bonchev–Trinajstić information content (AvgIpc) is 3.00. The number of aliphatic carboxylic acids is 1. The van der Waals surface area contributed by atoms with Gasteiger partial charge in [-0.3, -0.25) is 19.3 Å². The monoisotopic (exact) mass is 660 g/mol. The lowest BCUT2D eigenvalue weighted by atomic mass is 9.77. The zero-order valence-corrected chi connectivity index (χ0v) is 26.9. The number of rotatable bonds is 10. The largest absolute Gasteiger partial charge is 0.481 e. The SMILES string of the molecule is Cc1ccc(N2CC(CC(=O)O)(CC(=O)NC(C)C(=O)Nc3ccc4ccccc4c3)CN(Cc3ccc(Cl)cc3Cl)C2=O)cc1. The van der Waals surface area contributed by atoms with Crippen LogP contribution in [0, 0.1) is 12.3 Å². The van der Waals surface area contributed by atoms with E-state index < -0.39 is 35.7 Å². The molecular formula is C35H34Cl2N4O5. The molecule has 11 heteroatoms.